The number of hydrogen-bond acceptors (Lipinski definition) is 2. The van der Waals surface area contributed by atoms with Crippen molar-refractivity contribution in [1.82, 2.24) is 4.98 Å². The van der Waals surface area contributed by atoms with Crippen molar-refractivity contribution < 1.29 is 0 Å². The molecule has 2 N–H and O–H groups in total. The van der Waals surface area contributed by atoms with Crippen molar-refractivity contribution >= 4 is 10.8 Å². The average molecular weight is 186 g/mol. The molecule has 2 rings (SSSR count). The lowest BCUT2D eigenvalue weighted by molar-refractivity contribution is 0.739. The van der Waals surface area contributed by atoms with E-state index in [1.165, 1.54) is 16.3 Å². The van der Waals surface area contributed by atoms with Gasteiger partial charge in [0.2, 0.25) is 0 Å². The van der Waals surface area contributed by atoms with Gasteiger partial charge < -0.3 is 5.73 Å². The molecule has 0 fully saturated rings. The van der Waals surface area contributed by atoms with Gasteiger partial charge >= 0.3 is 0 Å². The molecule has 2 heteroatoms. The first-order valence-electron chi connectivity index (χ1n) is 4.84. The van der Waals surface area contributed by atoms with E-state index in [-0.39, 0.29) is 6.04 Å². The summed E-state index contributed by atoms with van der Waals surface area (Å²) in [6.07, 6.45) is 4.68. The van der Waals surface area contributed by atoms with Gasteiger partial charge in [-0.3, -0.25) is 4.98 Å². The fourth-order valence-corrected chi connectivity index (χ4v) is 1.69. The summed E-state index contributed by atoms with van der Waals surface area (Å²) in [4.78, 5) is 4.21. The lowest BCUT2D eigenvalue weighted by Gasteiger charge is -2.07. The number of rotatable bonds is 2. The van der Waals surface area contributed by atoms with Crippen LogP contribution in [-0.4, -0.2) is 11.0 Å². The van der Waals surface area contributed by atoms with E-state index in [4.69, 9.17) is 5.73 Å². The van der Waals surface area contributed by atoms with Crippen molar-refractivity contribution in [2.45, 2.75) is 19.4 Å². The predicted octanol–water partition coefficient (Wildman–Crippen LogP) is 2.12. The van der Waals surface area contributed by atoms with Crippen LogP contribution in [0.25, 0.3) is 10.8 Å². The summed E-state index contributed by atoms with van der Waals surface area (Å²) in [5.74, 6) is 0. The Morgan fingerprint density at radius 3 is 2.86 bits per heavy atom. The number of aromatic nitrogens is 1. The SMILES string of the molecule is C[C@@H](N)Cc1cncc2ccccc12. The summed E-state index contributed by atoms with van der Waals surface area (Å²) in [5, 5.41) is 2.45. The van der Waals surface area contributed by atoms with Gasteiger partial charge in [-0.05, 0) is 24.3 Å². The van der Waals surface area contributed by atoms with E-state index in [0.29, 0.717) is 0 Å². The smallest absolute Gasteiger partial charge is 0.0346 e. The Bertz CT molecular complexity index is 430. The molecule has 0 unspecified atom stereocenters. The second-order valence-electron chi connectivity index (χ2n) is 3.70. The van der Waals surface area contributed by atoms with Gasteiger partial charge in [0.25, 0.3) is 0 Å². The zero-order chi connectivity index (χ0) is 9.97. The molecule has 0 aliphatic carbocycles. The molecule has 0 bridgehead atoms. The van der Waals surface area contributed by atoms with E-state index in [1.807, 2.05) is 31.5 Å². The number of benzene rings is 1. The van der Waals surface area contributed by atoms with Crippen molar-refractivity contribution in [3.8, 4) is 0 Å². The van der Waals surface area contributed by atoms with Gasteiger partial charge in [-0.25, -0.2) is 0 Å². The number of nitrogens with two attached hydrogens (primary N) is 1. The normalized spacial score (nSPS) is 13.0. The van der Waals surface area contributed by atoms with Gasteiger partial charge in [-0.2, -0.15) is 0 Å². The van der Waals surface area contributed by atoms with Gasteiger partial charge in [-0.1, -0.05) is 24.3 Å². The Morgan fingerprint density at radius 1 is 1.29 bits per heavy atom. The summed E-state index contributed by atoms with van der Waals surface area (Å²) in [6, 6.07) is 8.46. The van der Waals surface area contributed by atoms with Crippen LogP contribution in [0.4, 0.5) is 0 Å². The molecule has 1 aromatic heterocycles. The van der Waals surface area contributed by atoms with E-state index >= 15 is 0 Å². The second-order valence-corrected chi connectivity index (χ2v) is 3.70. The number of hydrogen-bond donors (Lipinski definition) is 1. The molecule has 0 amide bonds. The predicted molar refractivity (Wildman–Crippen MR) is 59.1 cm³/mol. The third kappa shape index (κ3) is 1.75. The summed E-state index contributed by atoms with van der Waals surface area (Å²) in [5.41, 5.74) is 7.02. The topological polar surface area (TPSA) is 38.9 Å². The highest BCUT2D eigenvalue weighted by molar-refractivity contribution is 5.84. The van der Waals surface area contributed by atoms with Gasteiger partial charge in [0.15, 0.2) is 0 Å². The maximum Gasteiger partial charge on any atom is 0.0346 e. The molecule has 0 saturated carbocycles. The fraction of sp³-hybridized carbons (Fsp3) is 0.250. The number of nitrogens with zero attached hydrogens (tertiary/aromatic N) is 1. The number of pyridine rings is 1. The van der Waals surface area contributed by atoms with Crippen molar-refractivity contribution in [2.24, 2.45) is 5.73 Å². The molecule has 2 aromatic rings. The van der Waals surface area contributed by atoms with Crippen molar-refractivity contribution in [1.29, 1.82) is 0 Å². The van der Waals surface area contributed by atoms with Crippen LogP contribution >= 0.6 is 0 Å². The van der Waals surface area contributed by atoms with Crippen molar-refractivity contribution in [3.05, 3.63) is 42.2 Å². The van der Waals surface area contributed by atoms with Crippen LogP contribution in [0.2, 0.25) is 0 Å². The minimum Gasteiger partial charge on any atom is -0.328 e. The van der Waals surface area contributed by atoms with Crippen molar-refractivity contribution in [3.63, 3.8) is 0 Å². The van der Waals surface area contributed by atoms with Gasteiger partial charge in [0, 0.05) is 23.8 Å². The van der Waals surface area contributed by atoms with Gasteiger partial charge in [0.1, 0.15) is 0 Å². The third-order valence-corrected chi connectivity index (χ3v) is 2.29. The number of fused-ring (bicyclic) bond motifs is 1. The molecule has 14 heavy (non-hydrogen) atoms. The highest BCUT2D eigenvalue weighted by Crippen LogP contribution is 2.17. The minimum absolute atomic E-state index is 0.183. The lowest BCUT2D eigenvalue weighted by Crippen LogP contribution is -2.18. The average Bonchev–Trinajstić information content (AvgIpc) is 2.18. The molecule has 1 heterocycles. The van der Waals surface area contributed by atoms with Gasteiger partial charge in [0.05, 0.1) is 0 Å². The first-order chi connectivity index (χ1) is 6.77. The van der Waals surface area contributed by atoms with E-state index in [1.54, 1.807) is 0 Å². The monoisotopic (exact) mass is 186 g/mol. The Kier molecular flexibility index (Phi) is 2.46. The quantitative estimate of drug-likeness (QED) is 0.780. The minimum atomic E-state index is 0.183. The summed E-state index contributed by atoms with van der Waals surface area (Å²) >= 11 is 0. The third-order valence-electron chi connectivity index (χ3n) is 2.29. The molecule has 1 atom stereocenters. The highest BCUT2D eigenvalue weighted by atomic mass is 14.6. The van der Waals surface area contributed by atoms with Crippen LogP contribution in [0.1, 0.15) is 12.5 Å². The zero-order valence-electron chi connectivity index (χ0n) is 8.27. The Hall–Kier alpha value is -1.41. The molecule has 0 aliphatic rings. The largest absolute Gasteiger partial charge is 0.328 e. The van der Waals surface area contributed by atoms with E-state index in [0.717, 1.165) is 6.42 Å². The van der Waals surface area contributed by atoms with Crippen LogP contribution in [0.5, 0.6) is 0 Å². The van der Waals surface area contributed by atoms with Crippen molar-refractivity contribution in [2.75, 3.05) is 0 Å². The molecule has 72 valence electrons. The Morgan fingerprint density at radius 2 is 2.07 bits per heavy atom. The molecular weight excluding hydrogens is 172 g/mol. The van der Waals surface area contributed by atoms with Crippen LogP contribution in [0.3, 0.4) is 0 Å². The highest BCUT2D eigenvalue weighted by Gasteiger charge is 2.02. The summed E-state index contributed by atoms with van der Waals surface area (Å²) in [6.45, 7) is 2.02. The maximum atomic E-state index is 5.79. The lowest BCUT2D eigenvalue weighted by atomic mass is 10.0. The van der Waals surface area contributed by atoms with Crippen LogP contribution in [-0.2, 0) is 6.42 Å². The molecular formula is C12H14N2. The second kappa shape index (κ2) is 3.76. The molecule has 2 nitrogen and oxygen atoms in total. The fourth-order valence-electron chi connectivity index (χ4n) is 1.69. The van der Waals surface area contributed by atoms with Crippen LogP contribution < -0.4 is 5.73 Å². The summed E-state index contributed by atoms with van der Waals surface area (Å²) in [7, 11) is 0. The first kappa shape index (κ1) is 9.16. The Labute approximate surface area is 83.8 Å². The molecule has 0 aliphatic heterocycles. The molecule has 1 aromatic carbocycles. The van der Waals surface area contributed by atoms with Gasteiger partial charge in [-0.15, -0.1) is 0 Å². The Balaban J connectivity index is 2.53. The maximum absolute atomic E-state index is 5.79. The van der Waals surface area contributed by atoms with Crippen LogP contribution in [0, 0.1) is 0 Å². The standard InChI is InChI=1S/C12H14N2/c1-9(13)6-11-8-14-7-10-4-2-3-5-12(10)11/h2-5,7-9H,6,13H2,1H3/t9-/m1/s1. The van der Waals surface area contributed by atoms with Crippen LogP contribution in [0.15, 0.2) is 36.7 Å². The van der Waals surface area contributed by atoms with E-state index < -0.39 is 0 Å². The molecule has 0 spiro atoms. The summed E-state index contributed by atoms with van der Waals surface area (Å²) < 4.78 is 0. The molecule has 0 radical (unpaired) electrons. The zero-order valence-corrected chi connectivity index (χ0v) is 8.27. The first-order valence-corrected chi connectivity index (χ1v) is 4.84. The molecule has 0 saturated heterocycles. The van der Waals surface area contributed by atoms with E-state index in [2.05, 4.69) is 17.1 Å². The van der Waals surface area contributed by atoms with E-state index in [9.17, 15) is 0 Å².